The van der Waals surface area contributed by atoms with Gasteiger partial charge in [0.1, 0.15) is 0 Å². The van der Waals surface area contributed by atoms with E-state index >= 15 is 0 Å². The van der Waals surface area contributed by atoms with E-state index in [9.17, 15) is 0 Å². The number of anilines is 3. The maximum absolute atomic E-state index is 7.28. The van der Waals surface area contributed by atoms with Gasteiger partial charge in [0, 0.05) is 22.3 Å². The molecule has 3 heteroatoms. The van der Waals surface area contributed by atoms with E-state index in [4.69, 9.17) is 4.74 Å². The quantitative estimate of drug-likeness (QED) is 0.149. The van der Waals surface area contributed by atoms with Gasteiger partial charge in [0.15, 0.2) is 17.3 Å². The van der Waals surface area contributed by atoms with Crippen molar-refractivity contribution in [2.24, 2.45) is 0 Å². The fraction of sp³-hybridized carbons (Fsp3) is 0. The van der Waals surface area contributed by atoms with Gasteiger partial charge >= 0.3 is 0 Å². The Balaban J connectivity index is 1.04. The smallest absolute Gasteiger partial charge is 0.178 e. The summed E-state index contributed by atoms with van der Waals surface area (Å²) in [6, 6.07) is 84.6. The summed E-state index contributed by atoms with van der Waals surface area (Å²) in [4.78, 5) is 2.36. The van der Waals surface area contributed by atoms with Gasteiger partial charge in [-0.05, 0) is 109 Å². The Hall–Kier alpha value is -8.40. The highest BCUT2D eigenvalue weighted by Crippen LogP contribution is 2.56. The molecule has 0 aliphatic carbocycles. The van der Waals surface area contributed by atoms with Crippen LogP contribution in [0, 0.1) is 0 Å². The van der Waals surface area contributed by atoms with E-state index in [1.54, 1.807) is 0 Å². The number of fused-ring (bicyclic) bond motifs is 6. The molecule has 0 atom stereocenters. The first-order chi connectivity index (χ1) is 31.3. The van der Waals surface area contributed by atoms with E-state index in [0.29, 0.717) is 0 Å². The monoisotopic (exact) mass is 804 g/mol. The lowest BCUT2D eigenvalue weighted by atomic mass is 9.91. The SMILES string of the molecule is C(=C(c1ccc(-c2cccc3ccccc23)cc1)c1ccc(-c2cccc3ccccc23)cc1)c1cccc2c1Oc1c(n(-c3ccccc3)c3ccccc13)N2c1ccccc1. The normalized spacial score (nSPS) is 11.9. The van der Waals surface area contributed by atoms with Crippen molar-refractivity contribution < 1.29 is 4.74 Å². The van der Waals surface area contributed by atoms with Gasteiger partial charge in [0.2, 0.25) is 0 Å². The second-order valence-electron chi connectivity index (χ2n) is 16.1. The van der Waals surface area contributed by atoms with Crippen LogP contribution in [0.15, 0.2) is 237 Å². The topological polar surface area (TPSA) is 17.4 Å². The number of rotatable bonds is 7. The average Bonchev–Trinajstić information content (AvgIpc) is 3.69. The fourth-order valence-electron chi connectivity index (χ4n) is 9.44. The molecule has 0 N–H and O–H groups in total. The van der Waals surface area contributed by atoms with E-state index in [1.807, 2.05) is 0 Å². The summed E-state index contributed by atoms with van der Waals surface area (Å²) >= 11 is 0. The maximum Gasteiger partial charge on any atom is 0.178 e. The molecule has 0 radical (unpaired) electrons. The zero-order valence-corrected chi connectivity index (χ0v) is 34.4. The first-order valence-corrected chi connectivity index (χ1v) is 21.5. The van der Waals surface area contributed by atoms with Gasteiger partial charge in [0.05, 0.1) is 11.2 Å². The third-order valence-corrected chi connectivity index (χ3v) is 12.4. The summed E-state index contributed by atoms with van der Waals surface area (Å²) in [6.07, 6.45) is 2.31. The Morgan fingerprint density at radius 2 is 0.873 bits per heavy atom. The van der Waals surface area contributed by atoms with Crippen LogP contribution in [0.3, 0.4) is 0 Å². The molecule has 10 aromatic carbocycles. The minimum absolute atomic E-state index is 0.807. The predicted octanol–water partition coefficient (Wildman–Crippen LogP) is 16.4. The van der Waals surface area contributed by atoms with Crippen molar-refractivity contribution in [3.05, 3.63) is 253 Å². The molecule has 3 nitrogen and oxygen atoms in total. The van der Waals surface area contributed by atoms with Crippen LogP contribution in [0.25, 0.3) is 72.0 Å². The van der Waals surface area contributed by atoms with Crippen molar-refractivity contribution in [1.29, 1.82) is 0 Å². The van der Waals surface area contributed by atoms with Crippen molar-refractivity contribution in [1.82, 2.24) is 4.57 Å². The van der Waals surface area contributed by atoms with Crippen LogP contribution >= 0.6 is 0 Å². The maximum atomic E-state index is 7.28. The van der Waals surface area contributed by atoms with Crippen molar-refractivity contribution in [2.75, 3.05) is 4.90 Å². The first kappa shape index (κ1) is 36.5. The van der Waals surface area contributed by atoms with E-state index in [-0.39, 0.29) is 0 Å². The predicted molar refractivity (Wildman–Crippen MR) is 264 cm³/mol. The Labute approximate surface area is 366 Å². The molecular weight excluding hydrogens is 765 g/mol. The molecule has 0 spiro atoms. The lowest BCUT2D eigenvalue weighted by molar-refractivity contribution is 0.480. The van der Waals surface area contributed by atoms with E-state index in [0.717, 1.165) is 67.5 Å². The van der Waals surface area contributed by atoms with E-state index in [2.05, 4.69) is 252 Å². The van der Waals surface area contributed by atoms with Crippen LogP contribution in [-0.2, 0) is 0 Å². The van der Waals surface area contributed by atoms with Crippen molar-refractivity contribution in [3.8, 4) is 39.4 Å². The zero-order valence-electron chi connectivity index (χ0n) is 34.4. The molecule has 12 rings (SSSR count). The van der Waals surface area contributed by atoms with Crippen molar-refractivity contribution in [2.45, 2.75) is 0 Å². The number of ether oxygens (including phenoxy) is 1. The number of aromatic nitrogens is 1. The molecule has 1 aliphatic heterocycles. The summed E-state index contributed by atoms with van der Waals surface area (Å²) < 4.78 is 9.60. The lowest BCUT2D eigenvalue weighted by Crippen LogP contribution is -2.19. The van der Waals surface area contributed by atoms with Gasteiger partial charge in [-0.25, -0.2) is 0 Å². The molecule has 11 aromatic rings. The molecule has 0 bridgehead atoms. The molecule has 1 aliphatic rings. The van der Waals surface area contributed by atoms with Gasteiger partial charge in [-0.3, -0.25) is 9.47 Å². The van der Waals surface area contributed by atoms with Crippen molar-refractivity contribution >= 4 is 61.3 Å². The average molecular weight is 805 g/mol. The molecule has 0 unspecified atom stereocenters. The van der Waals surface area contributed by atoms with Gasteiger partial charge in [-0.15, -0.1) is 0 Å². The van der Waals surface area contributed by atoms with Crippen LogP contribution < -0.4 is 9.64 Å². The highest BCUT2D eigenvalue weighted by molar-refractivity contribution is 6.04. The van der Waals surface area contributed by atoms with Gasteiger partial charge in [-0.2, -0.15) is 0 Å². The summed E-state index contributed by atoms with van der Waals surface area (Å²) in [5, 5.41) is 6.02. The molecule has 0 saturated carbocycles. The third-order valence-electron chi connectivity index (χ3n) is 12.4. The van der Waals surface area contributed by atoms with Crippen LogP contribution in [0.5, 0.6) is 11.5 Å². The molecule has 2 heterocycles. The first-order valence-electron chi connectivity index (χ1n) is 21.5. The standard InChI is InChI=1S/C60H40N2O/c1-3-21-48(22-4-1)61-56-30-12-11-27-54(56)59-60(61)62(49-23-5-2-6-24-49)57-31-15-20-47(58(57)63-59)40-55(45-36-32-43(33-37-45)52-28-13-18-41-16-7-9-25-50(41)52)46-38-34-44(35-39-46)53-29-14-19-42-17-8-10-26-51(42)53/h1-40H. The molecule has 0 saturated heterocycles. The lowest BCUT2D eigenvalue weighted by Gasteiger charge is -2.33. The van der Waals surface area contributed by atoms with Crippen LogP contribution in [0.2, 0.25) is 0 Å². The Morgan fingerprint density at radius 1 is 0.381 bits per heavy atom. The molecule has 0 fully saturated rings. The van der Waals surface area contributed by atoms with Gasteiger partial charge in [-0.1, -0.05) is 194 Å². The van der Waals surface area contributed by atoms with Gasteiger partial charge in [0.25, 0.3) is 0 Å². The molecule has 63 heavy (non-hydrogen) atoms. The number of nitrogens with zero attached hydrogens (tertiary/aromatic N) is 2. The highest BCUT2D eigenvalue weighted by atomic mass is 16.5. The number of benzene rings is 10. The van der Waals surface area contributed by atoms with Crippen molar-refractivity contribution in [3.63, 3.8) is 0 Å². The minimum atomic E-state index is 0.807. The second kappa shape index (κ2) is 15.3. The fourth-order valence-corrected chi connectivity index (χ4v) is 9.44. The summed E-state index contributed by atoms with van der Waals surface area (Å²) in [5.41, 5.74) is 13.3. The number of hydrogen-bond acceptors (Lipinski definition) is 2. The Kier molecular flexibility index (Phi) is 8.83. The molecule has 296 valence electrons. The Morgan fingerprint density at radius 3 is 1.48 bits per heavy atom. The largest absolute Gasteiger partial charge is 0.450 e. The summed E-state index contributed by atoms with van der Waals surface area (Å²) in [7, 11) is 0. The Bertz CT molecular complexity index is 3380. The molecule has 1 aromatic heterocycles. The van der Waals surface area contributed by atoms with Crippen LogP contribution in [-0.4, -0.2) is 4.57 Å². The summed E-state index contributed by atoms with van der Waals surface area (Å²) in [6.45, 7) is 0. The molecule has 0 amide bonds. The van der Waals surface area contributed by atoms with Crippen LogP contribution in [0.4, 0.5) is 17.2 Å². The highest BCUT2D eigenvalue weighted by Gasteiger charge is 2.34. The van der Waals surface area contributed by atoms with E-state index in [1.165, 1.54) is 43.8 Å². The number of para-hydroxylation sites is 4. The number of hydrogen-bond donors (Lipinski definition) is 0. The van der Waals surface area contributed by atoms with E-state index < -0.39 is 0 Å². The van der Waals surface area contributed by atoms with Crippen LogP contribution in [0.1, 0.15) is 16.7 Å². The van der Waals surface area contributed by atoms with Gasteiger partial charge < -0.3 is 4.74 Å². The third kappa shape index (κ3) is 6.29. The zero-order chi connectivity index (χ0) is 41.7. The second-order valence-corrected chi connectivity index (χ2v) is 16.1. The molecular formula is C60H40N2O. The summed E-state index contributed by atoms with van der Waals surface area (Å²) in [5.74, 6) is 2.60. The minimum Gasteiger partial charge on any atom is -0.450 e.